The van der Waals surface area contributed by atoms with Crippen LogP contribution >= 0.6 is 0 Å². The van der Waals surface area contributed by atoms with Crippen LogP contribution in [0, 0.1) is 12.8 Å². The molecule has 2 atom stereocenters. The van der Waals surface area contributed by atoms with Crippen LogP contribution in [0.2, 0.25) is 0 Å². The van der Waals surface area contributed by atoms with Gasteiger partial charge in [-0.2, -0.15) is 0 Å². The van der Waals surface area contributed by atoms with Gasteiger partial charge in [-0.3, -0.25) is 4.79 Å². The number of carbonyl (C=O) groups excluding carboxylic acids is 1. The molecule has 0 aromatic rings. The number of hydrogen-bond acceptors (Lipinski definition) is 3. The maximum absolute atomic E-state index is 11.0. The molecule has 65 valence electrons. The van der Waals surface area contributed by atoms with Crippen molar-refractivity contribution in [3.8, 4) is 0 Å². The van der Waals surface area contributed by atoms with Gasteiger partial charge < -0.3 is 10.5 Å². The highest BCUT2D eigenvalue weighted by molar-refractivity contribution is 5.75. The third-order valence-corrected chi connectivity index (χ3v) is 1.77. The predicted octanol–water partition coefficient (Wildman–Crippen LogP) is 0.737. The number of esters is 1. The van der Waals surface area contributed by atoms with Crippen molar-refractivity contribution in [1.82, 2.24) is 0 Å². The van der Waals surface area contributed by atoms with Gasteiger partial charge >= 0.3 is 5.97 Å². The monoisotopic (exact) mass is 158 g/mol. The first kappa shape index (κ1) is 10.4. The first-order valence-electron chi connectivity index (χ1n) is 3.84. The normalized spacial score (nSPS) is 15.6. The Kier molecular flexibility index (Phi) is 4.86. The van der Waals surface area contributed by atoms with E-state index in [1.165, 1.54) is 0 Å². The van der Waals surface area contributed by atoms with Crippen LogP contribution in [0.25, 0.3) is 0 Å². The minimum absolute atomic E-state index is 0.156. The Bertz CT molecular complexity index is 125. The van der Waals surface area contributed by atoms with E-state index in [-0.39, 0.29) is 18.5 Å². The van der Waals surface area contributed by atoms with Crippen molar-refractivity contribution in [2.24, 2.45) is 11.7 Å². The van der Waals surface area contributed by atoms with Crippen LogP contribution in [-0.4, -0.2) is 18.6 Å². The zero-order valence-electron chi connectivity index (χ0n) is 7.17. The van der Waals surface area contributed by atoms with E-state index in [9.17, 15) is 4.79 Å². The minimum atomic E-state index is -0.498. The molecule has 0 bridgehead atoms. The molecule has 0 amide bonds. The Morgan fingerprint density at radius 2 is 2.27 bits per heavy atom. The Morgan fingerprint density at radius 3 is 2.64 bits per heavy atom. The van der Waals surface area contributed by atoms with Gasteiger partial charge in [0.25, 0.3) is 0 Å². The topological polar surface area (TPSA) is 52.3 Å². The molecular weight excluding hydrogens is 142 g/mol. The molecule has 0 aliphatic carbocycles. The molecule has 0 aliphatic heterocycles. The van der Waals surface area contributed by atoms with Crippen LogP contribution in [0.4, 0.5) is 0 Å². The highest BCUT2D eigenvalue weighted by atomic mass is 16.5. The second-order valence-electron chi connectivity index (χ2n) is 2.58. The number of nitrogens with two attached hydrogens (primary N) is 1. The summed E-state index contributed by atoms with van der Waals surface area (Å²) in [7, 11) is 0. The van der Waals surface area contributed by atoms with Crippen LogP contribution in [0.3, 0.4) is 0 Å². The van der Waals surface area contributed by atoms with Crippen LogP contribution in [0.15, 0.2) is 0 Å². The lowest BCUT2D eigenvalue weighted by Crippen LogP contribution is -2.37. The first-order valence-corrected chi connectivity index (χ1v) is 3.84. The number of rotatable bonds is 4. The Hall–Kier alpha value is -0.570. The summed E-state index contributed by atoms with van der Waals surface area (Å²) in [6, 6.07) is -0.498. The van der Waals surface area contributed by atoms with Crippen molar-refractivity contribution in [1.29, 1.82) is 0 Å². The van der Waals surface area contributed by atoms with Gasteiger partial charge in [0.1, 0.15) is 6.04 Å². The van der Waals surface area contributed by atoms with Crippen molar-refractivity contribution in [2.45, 2.75) is 26.3 Å². The van der Waals surface area contributed by atoms with Crippen LogP contribution in [0.1, 0.15) is 20.3 Å². The van der Waals surface area contributed by atoms with Gasteiger partial charge in [-0.05, 0) is 12.8 Å². The van der Waals surface area contributed by atoms with Crippen molar-refractivity contribution in [3.63, 3.8) is 0 Å². The van der Waals surface area contributed by atoms with Crippen LogP contribution in [0.5, 0.6) is 0 Å². The quantitative estimate of drug-likeness (QED) is 0.614. The fraction of sp³-hybridized carbons (Fsp3) is 0.750. The fourth-order valence-corrected chi connectivity index (χ4v) is 0.683. The van der Waals surface area contributed by atoms with E-state index in [1.54, 1.807) is 0 Å². The molecule has 11 heavy (non-hydrogen) atoms. The molecule has 3 nitrogen and oxygen atoms in total. The highest BCUT2D eigenvalue weighted by Crippen LogP contribution is 2.06. The minimum Gasteiger partial charge on any atom is -0.465 e. The molecule has 0 aromatic heterocycles. The SMILES string of the molecule is [CH2]COC(=O)[C@@H](N)C(C)CC. The van der Waals surface area contributed by atoms with Gasteiger partial charge in [0.15, 0.2) is 0 Å². The molecule has 2 N–H and O–H groups in total. The summed E-state index contributed by atoms with van der Waals surface area (Å²) in [5, 5.41) is 0. The summed E-state index contributed by atoms with van der Waals surface area (Å²) in [5.74, 6) is -0.177. The van der Waals surface area contributed by atoms with E-state index in [0.29, 0.717) is 0 Å². The maximum atomic E-state index is 11.0. The Labute approximate surface area is 67.9 Å². The molecule has 3 heteroatoms. The summed E-state index contributed by atoms with van der Waals surface area (Å²) in [6.45, 7) is 7.46. The molecule has 0 spiro atoms. The summed E-state index contributed by atoms with van der Waals surface area (Å²) in [5.41, 5.74) is 5.56. The zero-order chi connectivity index (χ0) is 8.85. The van der Waals surface area contributed by atoms with E-state index in [4.69, 9.17) is 5.73 Å². The van der Waals surface area contributed by atoms with Gasteiger partial charge in [0.2, 0.25) is 0 Å². The van der Waals surface area contributed by atoms with Gasteiger partial charge in [-0.25, -0.2) is 0 Å². The first-order chi connectivity index (χ1) is 5.13. The zero-order valence-corrected chi connectivity index (χ0v) is 7.17. The van der Waals surface area contributed by atoms with E-state index in [0.717, 1.165) is 6.42 Å². The number of hydrogen-bond donors (Lipinski definition) is 1. The van der Waals surface area contributed by atoms with Crippen LogP contribution < -0.4 is 5.73 Å². The smallest absolute Gasteiger partial charge is 0.323 e. The lowest BCUT2D eigenvalue weighted by Gasteiger charge is -2.15. The molecule has 0 rings (SSSR count). The van der Waals surface area contributed by atoms with Gasteiger partial charge in [0.05, 0.1) is 6.61 Å². The van der Waals surface area contributed by atoms with E-state index in [1.807, 2.05) is 13.8 Å². The number of carbonyl (C=O) groups is 1. The van der Waals surface area contributed by atoms with Crippen molar-refractivity contribution in [3.05, 3.63) is 6.92 Å². The van der Waals surface area contributed by atoms with E-state index in [2.05, 4.69) is 11.7 Å². The average Bonchev–Trinajstić information content (AvgIpc) is 2.02. The molecule has 0 aliphatic rings. The standard InChI is InChI=1S/C8H16NO2/c1-4-6(3)7(9)8(10)11-5-2/h6-7H,2,4-5,9H2,1,3H3/t6?,7-/m0/s1. The van der Waals surface area contributed by atoms with Crippen molar-refractivity contribution >= 4 is 5.97 Å². The van der Waals surface area contributed by atoms with Crippen LogP contribution in [-0.2, 0) is 9.53 Å². The van der Waals surface area contributed by atoms with E-state index >= 15 is 0 Å². The summed E-state index contributed by atoms with van der Waals surface area (Å²) in [4.78, 5) is 11.0. The van der Waals surface area contributed by atoms with Crippen molar-refractivity contribution in [2.75, 3.05) is 6.61 Å². The molecule has 1 unspecified atom stereocenters. The molecule has 0 saturated heterocycles. The van der Waals surface area contributed by atoms with Gasteiger partial charge in [-0.15, -0.1) is 0 Å². The molecule has 0 heterocycles. The maximum Gasteiger partial charge on any atom is 0.323 e. The fourth-order valence-electron chi connectivity index (χ4n) is 0.683. The predicted molar refractivity (Wildman–Crippen MR) is 43.7 cm³/mol. The summed E-state index contributed by atoms with van der Waals surface area (Å²) in [6.07, 6.45) is 0.882. The summed E-state index contributed by atoms with van der Waals surface area (Å²) >= 11 is 0. The molecule has 1 radical (unpaired) electrons. The average molecular weight is 158 g/mol. The third kappa shape index (κ3) is 3.37. The van der Waals surface area contributed by atoms with E-state index < -0.39 is 6.04 Å². The van der Waals surface area contributed by atoms with Gasteiger partial charge in [-0.1, -0.05) is 20.3 Å². The molecule has 0 saturated carbocycles. The summed E-state index contributed by atoms with van der Waals surface area (Å²) < 4.78 is 4.65. The lowest BCUT2D eigenvalue weighted by atomic mass is 10.0. The third-order valence-electron chi connectivity index (χ3n) is 1.77. The highest BCUT2D eigenvalue weighted by Gasteiger charge is 2.19. The number of ether oxygens (including phenoxy) is 1. The Morgan fingerprint density at radius 1 is 1.73 bits per heavy atom. The molecular formula is C8H16NO2. The van der Waals surface area contributed by atoms with Gasteiger partial charge in [0, 0.05) is 0 Å². The lowest BCUT2D eigenvalue weighted by molar-refractivity contribution is -0.145. The molecule has 0 fully saturated rings. The van der Waals surface area contributed by atoms with Crippen molar-refractivity contribution < 1.29 is 9.53 Å². The largest absolute Gasteiger partial charge is 0.465 e. The Balaban J connectivity index is 3.80. The second-order valence-corrected chi connectivity index (χ2v) is 2.58. The second kappa shape index (κ2) is 5.13. The molecule has 0 aromatic carbocycles.